The molecule has 92 valence electrons. The Morgan fingerprint density at radius 2 is 1.50 bits per heavy atom. The molecule has 0 rings (SSSR count). The molecule has 16 heavy (non-hydrogen) atoms. The van der Waals surface area contributed by atoms with Crippen molar-refractivity contribution in [3.63, 3.8) is 0 Å². The lowest BCUT2D eigenvalue weighted by Crippen LogP contribution is -1.92. The lowest BCUT2D eigenvalue weighted by Gasteiger charge is -1.94. The average molecular weight is 224 g/mol. The fourth-order valence-corrected chi connectivity index (χ4v) is 1.48. The summed E-state index contributed by atoms with van der Waals surface area (Å²) in [7, 11) is 0. The normalized spacial score (nSPS) is 9.56. The summed E-state index contributed by atoms with van der Waals surface area (Å²) in [5, 5.41) is 8.42. The van der Waals surface area contributed by atoms with Gasteiger partial charge in [-0.05, 0) is 19.3 Å². The number of hydrogen-bond acceptors (Lipinski definition) is 1. The fraction of sp³-hybridized carbons (Fsp3) is 0.786. The van der Waals surface area contributed by atoms with Gasteiger partial charge >= 0.3 is 5.97 Å². The van der Waals surface area contributed by atoms with Crippen LogP contribution in [0.3, 0.4) is 0 Å². The van der Waals surface area contributed by atoms with Gasteiger partial charge in [0.25, 0.3) is 0 Å². The van der Waals surface area contributed by atoms with Crippen molar-refractivity contribution in [1.82, 2.24) is 0 Å². The molecule has 0 unspecified atom stereocenters. The molecule has 2 heteroatoms. The molecule has 0 bridgehead atoms. The van der Waals surface area contributed by atoms with Gasteiger partial charge in [0, 0.05) is 19.3 Å². The van der Waals surface area contributed by atoms with Crippen LogP contribution in [0.25, 0.3) is 0 Å². The van der Waals surface area contributed by atoms with Crippen LogP contribution in [0.1, 0.15) is 71.1 Å². The molecule has 0 atom stereocenters. The molecule has 0 aliphatic heterocycles. The number of carboxylic acids is 1. The van der Waals surface area contributed by atoms with E-state index >= 15 is 0 Å². The quantitative estimate of drug-likeness (QED) is 0.475. The minimum absolute atomic E-state index is 0.276. The zero-order valence-electron chi connectivity index (χ0n) is 10.4. The summed E-state index contributed by atoms with van der Waals surface area (Å²) in [5.74, 6) is 5.56. The number of carbonyl (C=O) groups is 1. The highest BCUT2D eigenvalue weighted by Crippen LogP contribution is 2.04. The van der Waals surface area contributed by atoms with Crippen LogP contribution in [-0.2, 0) is 4.79 Å². The molecule has 0 saturated heterocycles. The Bertz CT molecular complexity index is 223. The first-order valence-electron chi connectivity index (χ1n) is 6.45. The van der Waals surface area contributed by atoms with Crippen LogP contribution in [-0.4, -0.2) is 11.1 Å². The van der Waals surface area contributed by atoms with Crippen molar-refractivity contribution in [1.29, 1.82) is 0 Å². The summed E-state index contributed by atoms with van der Waals surface area (Å²) in [6.07, 6.45) is 10.2. The first-order valence-corrected chi connectivity index (χ1v) is 6.45. The van der Waals surface area contributed by atoms with Crippen LogP contribution in [0.15, 0.2) is 0 Å². The predicted molar refractivity (Wildman–Crippen MR) is 67.3 cm³/mol. The van der Waals surface area contributed by atoms with Gasteiger partial charge in [-0.3, -0.25) is 4.79 Å². The molecular formula is C14H24O2. The van der Waals surface area contributed by atoms with Crippen molar-refractivity contribution in [3.8, 4) is 11.8 Å². The van der Waals surface area contributed by atoms with Crippen LogP contribution in [0.5, 0.6) is 0 Å². The van der Waals surface area contributed by atoms with Gasteiger partial charge in [-0.1, -0.05) is 32.6 Å². The largest absolute Gasteiger partial charge is 0.481 e. The van der Waals surface area contributed by atoms with E-state index in [1.807, 2.05) is 0 Å². The van der Waals surface area contributed by atoms with Crippen LogP contribution in [0, 0.1) is 11.8 Å². The Hall–Kier alpha value is -0.970. The van der Waals surface area contributed by atoms with Gasteiger partial charge in [0.1, 0.15) is 0 Å². The Labute approximate surface area is 99.4 Å². The first-order chi connectivity index (χ1) is 7.77. The van der Waals surface area contributed by atoms with Crippen molar-refractivity contribution in [2.24, 2.45) is 0 Å². The van der Waals surface area contributed by atoms with Gasteiger partial charge in [0.05, 0.1) is 0 Å². The van der Waals surface area contributed by atoms with Crippen molar-refractivity contribution in [3.05, 3.63) is 0 Å². The molecule has 0 aliphatic carbocycles. The molecule has 0 fully saturated rings. The molecule has 1 N–H and O–H groups in total. The van der Waals surface area contributed by atoms with E-state index in [0.29, 0.717) is 0 Å². The van der Waals surface area contributed by atoms with E-state index in [2.05, 4.69) is 18.8 Å². The number of rotatable bonds is 9. The summed E-state index contributed by atoms with van der Waals surface area (Å²) in [5.41, 5.74) is 0. The van der Waals surface area contributed by atoms with Crippen molar-refractivity contribution >= 4 is 5.97 Å². The van der Waals surface area contributed by atoms with Gasteiger partial charge in [0.15, 0.2) is 0 Å². The van der Waals surface area contributed by atoms with E-state index in [1.165, 1.54) is 32.1 Å². The highest BCUT2D eigenvalue weighted by atomic mass is 16.4. The van der Waals surface area contributed by atoms with Crippen molar-refractivity contribution in [2.75, 3.05) is 0 Å². The zero-order chi connectivity index (χ0) is 12.1. The van der Waals surface area contributed by atoms with Gasteiger partial charge in [0.2, 0.25) is 0 Å². The third-order valence-electron chi connectivity index (χ3n) is 2.47. The van der Waals surface area contributed by atoms with Gasteiger partial charge in [-0.15, -0.1) is 11.8 Å². The topological polar surface area (TPSA) is 37.3 Å². The zero-order valence-corrected chi connectivity index (χ0v) is 10.4. The maximum absolute atomic E-state index is 10.2. The van der Waals surface area contributed by atoms with Crippen LogP contribution < -0.4 is 0 Å². The molecule has 2 nitrogen and oxygen atoms in total. The van der Waals surface area contributed by atoms with E-state index in [9.17, 15) is 4.79 Å². The highest BCUT2D eigenvalue weighted by Gasteiger charge is 1.94. The summed E-state index contributed by atoms with van der Waals surface area (Å²) in [6, 6.07) is 0. The van der Waals surface area contributed by atoms with Gasteiger partial charge in [-0.2, -0.15) is 0 Å². The molecule has 0 saturated carbocycles. The van der Waals surface area contributed by atoms with Crippen molar-refractivity contribution in [2.45, 2.75) is 71.1 Å². The highest BCUT2D eigenvalue weighted by molar-refractivity contribution is 5.66. The molecule has 0 aliphatic rings. The van der Waals surface area contributed by atoms with Gasteiger partial charge < -0.3 is 5.11 Å². The predicted octanol–water partition coefficient (Wildman–Crippen LogP) is 4.00. The summed E-state index contributed by atoms with van der Waals surface area (Å²) in [4.78, 5) is 10.2. The van der Waals surface area contributed by atoms with E-state index in [4.69, 9.17) is 5.11 Å². The van der Waals surface area contributed by atoms with E-state index in [1.54, 1.807) is 0 Å². The van der Waals surface area contributed by atoms with E-state index < -0.39 is 5.97 Å². The molecular weight excluding hydrogens is 200 g/mol. The number of unbranched alkanes of at least 4 members (excludes halogenated alkanes) is 7. The Kier molecular flexibility index (Phi) is 11.4. The maximum atomic E-state index is 10.2. The summed E-state index contributed by atoms with van der Waals surface area (Å²) >= 11 is 0. The van der Waals surface area contributed by atoms with Crippen LogP contribution >= 0.6 is 0 Å². The molecule has 0 amide bonds. The van der Waals surface area contributed by atoms with E-state index in [0.717, 1.165) is 25.7 Å². The average Bonchev–Trinajstić information content (AvgIpc) is 2.25. The number of carboxylic acid groups (broad SMARTS) is 1. The third kappa shape index (κ3) is 13.0. The molecule has 0 spiro atoms. The fourth-order valence-electron chi connectivity index (χ4n) is 1.48. The smallest absolute Gasteiger partial charge is 0.303 e. The SMILES string of the molecule is CCCCCCCC#CCCCCC(=O)O. The maximum Gasteiger partial charge on any atom is 0.303 e. The number of aliphatic carboxylic acids is 1. The second kappa shape index (κ2) is 12.1. The van der Waals surface area contributed by atoms with E-state index in [-0.39, 0.29) is 6.42 Å². The lowest BCUT2D eigenvalue weighted by molar-refractivity contribution is -0.137. The Morgan fingerprint density at radius 3 is 2.06 bits per heavy atom. The molecule has 0 aromatic rings. The first kappa shape index (κ1) is 15.0. The lowest BCUT2D eigenvalue weighted by atomic mass is 10.1. The second-order valence-electron chi connectivity index (χ2n) is 4.12. The molecule has 0 aromatic heterocycles. The molecule has 0 radical (unpaired) electrons. The third-order valence-corrected chi connectivity index (χ3v) is 2.47. The monoisotopic (exact) mass is 224 g/mol. The Morgan fingerprint density at radius 1 is 0.938 bits per heavy atom. The summed E-state index contributed by atoms with van der Waals surface area (Å²) < 4.78 is 0. The second-order valence-corrected chi connectivity index (χ2v) is 4.12. The standard InChI is InChI=1S/C14H24O2/c1-2-3-4-5-6-7-8-9-10-11-12-13-14(15)16/h2-7,10-13H2,1H3,(H,15,16). The van der Waals surface area contributed by atoms with Crippen LogP contribution in [0.2, 0.25) is 0 Å². The minimum Gasteiger partial charge on any atom is -0.481 e. The van der Waals surface area contributed by atoms with Crippen molar-refractivity contribution < 1.29 is 9.90 Å². The molecule has 0 heterocycles. The number of hydrogen-bond donors (Lipinski definition) is 1. The molecule has 0 aromatic carbocycles. The summed E-state index contributed by atoms with van der Waals surface area (Å²) in [6.45, 7) is 2.22. The van der Waals surface area contributed by atoms with Crippen LogP contribution in [0.4, 0.5) is 0 Å². The minimum atomic E-state index is -0.705. The van der Waals surface area contributed by atoms with Gasteiger partial charge in [-0.25, -0.2) is 0 Å². The Balaban J connectivity index is 3.13.